The second kappa shape index (κ2) is 9.65. The van der Waals surface area contributed by atoms with E-state index < -0.39 is 0 Å². The number of benzene rings is 4. The summed E-state index contributed by atoms with van der Waals surface area (Å²) < 4.78 is 0. The summed E-state index contributed by atoms with van der Waals surface area (Å²) in [6.07, 6.45) is 0. The van der Waals surface area contributed by atoms with Gasteiger partial charge in [0.1, 0.15) is 6.54 Å². The van der Waals surface area contributed by atoms with E-state index in [9.17, 15) is 9.59 Å². The highest BCUT2D eigenvalue weighted by Crippen LogP contribution is 2.32. The molecule has 6 nitrogen and oxygen atoms in total. The molecule has 1 heterocycles. The standard InChI is InChI=1S/C29H24N4O2/c1-21-16-18-22(19-17-21)30-27(34)20-32-26-15-9-8-14-25(26)28(29(32)35)31-33(23-10-4-2-5-11-23)24-12-6-3-7-13-24/h2-19H,20H2,1H3,(H,30,34). The van der Waals surface area contributed by atoms with Gasteiger partial charge in [0.25, 0.3) is 5.91 Å². The van der Waals surface area contributed by atoms with Gasteiger partial charge in [-0.1, -0.05) is 72.3 Å². The Kier molecular flexibility index (Phi) is 6.09. The molecule has 1 aliphatic rings. The van der Waals surface area contributed by atoms with Crippen LogP contribution in [0.2, 0.25) is 0 Å². The first-order valence-electron chi connectivity index (χ1n) is 11.4. The van der Waals surface area contributed by atoms with E-state index in [1.165, 1.54) is 4.90 Å². The molecule has 4 aromatic carbocycles. The van der Waals surface area contributed by atoms with Crippen molar-refractivity contribution in [1.82, 2.24) is 0 Å². The summed E-state index contributed by atoms with van der Waals surface area (Å²) in [4.78, 5) is 27.9. The van der Waals surface area contributed by atoms with Crippen molar-refractivity contribution >= 4 is 40.3 Å². The Bertz CT molecular complexity index is 1340. The van der Waals surface area contributed by atoms with Gasteiger partial charge in [0, 0.05) is 11.3 Å². The Morgan fingerprint density at radius 2 is 1.37 bits per heavy atom. The van der Waals surface area contributed by atoms with E-state index in [2.05, 4.69) is 5.32 Å². The SMILES string of the molecule is Cc1ccc(NC(=O)CN2C(=O)C(=NN(c3ccccc3)c3ccccc3)c3ccccc32)cc1. The van der Waals surface area contributed by atoms with E-state index in [-0.39, 0.29) is 24.1 Å². The van der Waals surface area contributed by atoms with Crippen LogP contribution in [-0.2, 0) is 9.59 Å². The zero-order valence-electron chi connectivity index (χ0n) is 19.3. The first kappa shape index (κ1) is 22.1. The molecule has 0 atom stereocenters. The highest BCUT2D eigenvalue weighted by Gasteiger charge is 2.35. The van der Waals surface area contributed by atoms with Crippen LogP contribution in [0, 0.1) is 6.92 Å². The summed E-state index contributed by atoms with van der Waals surface area (Å²) in [6.45, 7) is 1.87. The van der Waals surface area contributed by atoms with Crippen LogP contribution in [0.15, 0.2) is 114 Å². The number of fused-ring (bicyclic) bond motifs is 1. The van der Waals surface area contributed by atoms with Crippen molar-refractivity contribution in [2.24, 2.45) is 5.10 Å². The zero-order valence-corrected chi connectivity index (χ0v) is 19.3. The largest absolute Gasteiger partial charge is 0.325 e. The van der Waals surface area contributed by atoms with Crippen molar-refractivity contribution in [1.29, 1.82) is 0 Å². The number of anilines is 4. The third-order valence-electron chi connectivity index (χ3n) is 5.74. The molecule has 0 radical (unpaired) electrons. The zero-order chi connectivity index (χ0) is 24.2. The summed E-state index contributed by atoms with van der Waals surface area (Å²) in [5.41, 5.74) is 5.09. The Hall–Kier alpha value is -4.71. The van der Waals surface area contributed by atoms with E-state index in [1.807, 2.05) is 116 Å². The fraction of sp³-hybridized carbons (Fsp3) is 0.0690. The lowest BCUT2D eigenvalue weighted by Crippen LogP contribution is -2.37. The molecule has 0 spiro atoms. The van der Waals surface area contributed by atoms with E-state index in [0.717, 1.165) is 16.9 Å². The number of hydrogen-bond donors (Lipinski definition) is 1. The van der Waals surface area contributed by atoms with Gasteiger partial charge in [-0.25, -0.2) is 5.01 Å². The lowest BCUT2D eigenvalue weighted by Gasteiger charge is -2.20. The molecule has 35 heavy (non-hydrogen) atoms. The number of nitrogens with one attached hydrogen (secondary N) is 1. The first-order chi connectivity index (χ1) is 17.1. The molecule has 0 aliphatic carbocycles. The Morgan fingerprint density at radius 3 is 2.00 bits per heavy atom. The van der Waals surface area contributed by atoms with Crippen LogP contribution in [0.25, 0.3) is 0 Å². The molecule has 4 aromatic rings. The molecular formula is C29H24N4O2. The average molecular weight is 461 g/mol. The molecule has 0 saturated heterocycles. The van der Waals surface area contributed by atoms with Gasteiger partial charge in [-0.15, -0.1) is 0 Å². The Labute approximate surface area is 204 Å². The summed E-state index contributed by atoms with van der Waals surface area (Å²) in [6, 6.07) is 34.3. The van der Waals surface area contributed by atoms with Crippen molar-refractivity contribution in [2.75, 3.05) is 21.8 Å². The lowest BCUT2D eigenvalue weighted by atomic mass is 10.1. The molecular weight excluding hydrogens is 436 g/mol. The van der Waals surface area contributed by atoms with Gasteiger partial charge in [0.15, 0.2) is 5.71 Å². The third kappa shape index (κ3) is 4.68. The van der Waals surface area contributed by atoms with Crippen molar-refractivity contribution in [2.45, 2.75) is 6.92 Å². The molecule has 0 saturated carbocycles. The second-order valence-corrected chi connectivity index (χ2v) is 8.25. The van der Waals surface area contributed by atoms with E-state index in [4.69, 9.17) is 5.10 Å². The maximum Gasteiger partial charge on any atom is 0.279 e. The summed E-state index contributed by atoms with van der Waals surface area (Å²) in [5, 5.41) is 9.44. The normalized spacial score (nSPS) is 13.6. The fourth-order valence-electron chi connectivity index (χ4n) is 4.00. The molecule has 6 heteroatoms. The van der Waals surface area contributed by atoms with Crippen molar-refractivity contribution in [3.63, 3.8) is 0 Å². The third-order valence-corrected chi connectivity index (χ3v) is 5.74. The lowest BCUT2D eigenvalue weighted by molar-refractivity contribution is -0.118. The molecule has 1 aliphatic heterocycles. The minimum atomic E-state index is -0.317. The average Bonchev–Trinajstić information content (AvgIpc) is 3.15. The minimum Gasteiger partial charge on any atom is -0.325 e. The summed E-state index contributed by atoms with van der Waals surface area (Å²) in [5.74, 6) is -0.594. The molecule has 5 rings (SSSR count). The van der Waals surface area contributed by atoms with Gasteiger partial charge >= 0.3 is 0 Å². The van der Waals surface area contributed by atoms with Crippen LogP contribution in [0.5, 0.6) is 0 Å². The van der Waals surface area contributed by atoms with Crippen molar-refractivity contribution in [3.8, 4) is 0 Å². The number of aryl methyl sites for hydroxylation is 1. The smallest absolute Gasteiger partial charge is 0.279 e. The van der Waals surface area contributed by atoms with Gasteiger partial charge in [-0.3, -0.25) is 14.5 Å². The number of hydrogen-bond acceptors (Lipinski definition) is 4. The number of hydrazone groups is 1. The van der Waals surface area contributed by atoms with Crippen LogP contribution in [0.4, 0.5) is 22.7 Å². The van der Waals surface area contributed by atoms with Crippen molar-refractivity contribution in [3.05, 3.63) is 120 Å². The van der Waals surface area contributed by atoms with Gasteiger partial charge < -0.3 is 5.32 Å². The molecule has 0 aromatic heterocycles. The van der Waals surface area contributed by atoms with Crippen LogP contribution in [-0.4, -0.2) is 24.1 Å². The number of carbonyl (C=O) groups is 2. The highest BCUT2D eigenvalue weighted by molar-refractivity contribution is 6.55. The quantitative estimate of drug-likeness (QED) is 0.385. The highest BCUT2D eigenvalue weighted by atomic mass is 16.2. The number of carbonyl (C=O) groups excluding carboxylic acids is 2. The predicted octanol–water partition coefficient (Wildman–Crippen LogP) is 5.52. The number of para-hydroxylation sites is 3. The molecule has 0 bridgehead atoms. The molecule has 0 fully saturated rings. The second-order valence-electron chi connectivity index (χ2n) is 8.25. The van der Waals surface area contributed by atoms with Crippen LogP contribution in [0.3, 0.4) is 0 Å². The predicted molar refractivity (Wildman–Crippen MR) is 140 cm³/mol. The van der Waals surface area contributed by atoms with E-state index >= 15 is 0 Å². The molecule has 172 valence electrons. The molecule has 0 unspecified atom stereocenters. The van der Waals surface area contributed by atoms with E-state index in [0.29, 0.717) is 16.9 Å². The topological polar surface area (TPSA) is 65.0 Å². The number of rotatable bonds is 6. The maximum atomic E-state index is 13.6. The molecule has 2 amide bonds. The summed E-state index contributed by atoms with van der Waals surface area (Å²) >= 11 is 0. The fourth-order valence-corrected chi connectivity index (χ4v) is 4.00. The van der Waals surface area contributed by atoms with Crippen LogP contribution in [0.1, 0.15) is 11.1 Å². The van der Waals surface area contributed by atoms with Crippen LogP contribution >= 0.6 is 0 Å². The van der Waals surface area contributed by atoms with Gasteiger partial charge in [0.05, 0.1) is 17.1 Å². The van der Waals surface area contributed by atoms with Crippen molar-refractivity contribution < 1.29 is 9.59 Å². The Balaban J connectivity index is 1.48. The maximum absolute atomic E-state index is 13.6. The van der Waals surface area contributed by atoms with Gasteiger partial charge in [-0.05, 0) is 49.4 Å². The van der Waals surface area contributed by atoms with Gasteiger partial charge in [-0.2, -0.15) is 5.10 Å². The molecule has 1 N–H and O–H groups in total. The Morgan fingerprint density at radius 1 is 0.800 bits per heavy atom. The minimum absolute atomic E-state index is 0.112. The van der Waals surface area contributed by atoms with Crippen LogP contribution < -0.4 is 15.2 Å². The summed E-state index contributed by atoms with van der Waals surface area (Å²) in [7, 11) is 0. The van der Waals surface area contributed by atoms with E-state index in [1.54, 1.807) is 5.01 Å². The van der Waals surface area contributed by atoms with Gasteiger partial charge in [0.2, 0.25) is 5.91 Å². The number of nitrogens with zero attached hydrogens (tertiary/aromatic N) is 3. The monoisotopic (exact) mass is 460 g/mol. The number of amides is 2. The first-order valence-corrected chi connectivity index (χ1v) is 11.4.